The molecule has 0 bridgehead atoms. The molecule has 0 amide bonds. The molecule has 0 atom stereocenters. The number of rotatable bonds is 4. The third-order valence-corrected chi connectivity index (χ3v) is 4.78. The highest BCUT2D eigenvalue weighted by atomic mass is 79.9. The number of phenolic OH excluding ortho intramolecular Hbond substituents is 1. The van der Waals surface area contributed by atoms with Gasteiger partial charge in [-0.1, -0.05) is 28.1 Å². The van der Waals surface area contributed by atoms with Gasteiger partial charge in [0.2, 0.25) is 4.80 Å². The van der Waals surface area contributed by atoms with Gasteiger partial charge in [0.25, 0.3) is 0 Å². The average Bonchev–Trinajstić information content (AvgIpc) is 2.99. The van der Waals surface area contributed by atoms with Crippen molar-refractivity contribution < 1.29 is 9.50 Å². The zero-order chi connectivity index (χ0) is 17.8. The highest BCUT2D eigenvalue weighted by molar-refractivity contribution is 9.10. The number of hydrogen-bond donors (Lipinski definition) is 1. The Hall–Kier alpha value is -2.25. The predicted octanol–water partition coefficient (Wildman–Crippen LogP) is 4.63. The first-order chi connectivity index (χ1) is 12.1. The molecule has 0 unspecified atom stereocenters. The van der Waals surface area contributed by atoms with Crippen LogP contribution in [0.15, 0.2) is 62.4 Å². The molecular weight excluding hydrogens is 405 g/mol. The molecule has 1 heterocycles. The Bertz CT molecular complexity index is 994. The fourth-order valence-corrected chi connectivity index (χ4v) is 3.53. The molecule has 0 aliphatic rings. The molecule has 0 saturated carbocycles. The maximum absolute atomic E-state index is 14.2. The zero-order valence-electron chi connectivity index (χ0n) is 13.4. The average molecular weight is 420 g/mol. The molecule has 1 aromatic heterocycles. The van der Waals surface area contributed by atoms with Crippen LogP contribution < -0.4 is 4.80 Å². The van der Waals surface area contributed by atoms with E-state index in [0.29, 0.717) is 28.2 Å². The maximum Gasteiger partial charge on any atom is 0.206 e. The minimum Gasteiger partial charge on any atom is -0.507 e. The molecule has 0 fully saturated rings. The van der Waals surface area contributed by atoms with Crippen LogP contribution in [0, 0.1) is 5.82 Å². The van der Waals surface area contributed by atoms with Gasteiger partial charge in [0.05, 0.1) is 11.9 Å². The highest BCUT2D eigenvalue weighted by Gasteiger charge is 2.11. The molecule has 25 heavy (non-hydrogen) atoms. The summed E-state index contributed by atoms with van der Waals surface area (Å²) in [7, 11) is 0. The third kappa shape index (κ3) is 3.88. The topological polar surface area (TPSA) is 49.9 Å². The summed E-state index contributed by atoms with van der Waals surface area (Å²) >= 11 is 4.76. The molecule has 3 rings (SSSR count). The number of aromatic nitrogens is 1. The minimum atomic E-state index is -0.322. The number of thiazole rings is 1. The smallest absolute Gasteiger partial charge is 0.206 e. The third-order valence-electron chi connectivity index (χ3n) is 3.43. The normalized spacial score (nSPS) is 12.2. The molecule has 0 spiro atoms. The number of benzene rings is 2. The standard InChI is InChI=1S/C18H15BrFN3OS/c1-2-21-18-23(22-10-12-9-13(19)7-8-17(12)24)16(11-25-18)14-5-3-4-6-15(14)20/h3-11,24H,2H2,1H3. The van der Waals surface area contributed by atoms with Crippen molar-refractivity contribution in [3.63, 3.8) is 0 Å². The number of nitrogens with zero attached hydrogens (tertiary/aromatic N) is 3. The first-order valence-corrected chi connectivity index (χ1v) is 9.26. The van der Waals surface area contributed by atoms with Gasteiger partial charge in [-0.3, -0.25) is 4.99 Å². The molecular formula is C18H15BrFN3OS. The van der Waals surface area contributed by atoms with Crippen LogP contribution in [0.5, 0.6) is 5.75 Å². The molecule has 0 aliphatic carbocycles. The van der Waals surface area contributed by atoms with E-state index >= 15 is 0 Å². The van der Waals surface area contributed by atoms with Gasteiger partial charge in [-0.2, -0.15) is 5.10 Å². The fraction of sp³-hybridized carbons (Fsp3) is 0.111. The van der Waals surface area contributed by atoms with E-state index < -0.39 is 0 Å². The SMILES string of the molecule is CCN=c1scc(-c2ccccc2F)n1N=Cc1cc(Br)ccc1O. The molecule has 1 N–H and O–H groups in total. The Morgan fingerprint density at radius 3 is 2.84 bits per heavy atom. The van der Waals surface area contributed by atoms with E-state index in [0.717, 1.165) is 4.47 Å². The number of halogens is 2. The largest absolute Gasteiger partial charge is 0.507 e. The second-order valence-corrected chi connectivity index (χ2v) is 6.87. The summed E-state index contributed by atoms with van der Waals surface area (Å²) in [5, 5.41) is 16.2. The van der Waals surface area contributed by atoms with Gasteiger partial charge < -0.3 is 5.11 Å². The van der Waals surface area contributed by atoms with Gasteiger partial charge in [-0.25, -0.2) is 9.07 Å². The molecule has 0 saturated heterocycles. The van der Waals surface area contributed by atoms with Crippen LogP contribution in [-0.2, 0) is 0 Å². The summed E-state index contributed by atoms with van der Waals surface area (Å²) in [6, 6.07) is 11.6. The Morgan fingerprint density at radius 1 is 1.28 bits per heavy atom. The Labute approximate surface area is 156 Å². The van der Waals surface area contributed by atoms with E-state index in [1.807, 2.05) is 12.3 Å². The lowest BCUT2D eigenvalue weighted by atomic mass is 10.1. The summed E-state index contributed by atoms with van der Waals surface area (Å²) in [4.78, 5) is 5.07. The number of phenols is 1. The predicted molar refractivity (Wildman–Crippen MR) is 103 cm³/mol. The lowest BCUT2D eigenvalue weighted by Gasteiger charge is -2.05. The molecule has 0 aliphatic heterocycles. The molecule has 128 valence electrons. The molecule has 2 aromatic carbocycles. The van der Waals surface area contributed by atoms with Crippen molar-refractivity contribution >= 4 is 33.5 Å². The first kappa shape index (κ1) is 17.6. The van der Waals surface area contributed by atoms with Crippen LogP contribution in [0.3, 0.4) is 0 Å². The minimum absolute atomic E-state index is 0.115. The number of aromatic hydroxyl groups is 1. The lowest BCUT2D eigenvalue weighted by molar-refractivity contribution is 0.474. The van der Waals surface area contributed by atoms with E-state index in [2.05, 4.69) is 26.0 Å². The van der Waals surface area contributed by atoms with Crippen molar-refractivity contribution in [2.75, 3.05) is 6.54 Å². The monoisotopic (exact) mass is 419 g/mol. The summed E-state index contributed by atoms with van der Waals surface area (Å²) in [6.45, 7) is 2.52. The van der Waals surface area contributed by atoms with Crippen LogP contribution in [0.2, 0.25) is 0 Å². The highest BCUT2D eigenvalue weighted by Crippen LogP contribution is 2.24. The van der Waals surface area contributed by atoms with Gasteiger partial charge in [-0.05, 0) is 37.3 Å². The van der Waals surface area contributed by atoms with E-state index in [4.69, 9.17) is 0 Å². The van der Waals surface area contributed by atoms with E-state index in [-0.39, 0.29) is 11.6 Å². The fourth-order valence-electron chi connectivity index (χ4n) is 2.26. The van der Waals surface area contributed by atoms with Crippen molar-refractivity contribution in [3.8, 4) is 17.0 Å². The molecule has 3 aromatic rings. The maximum atomic E-state index is 14.2. The van der Waals surface area contributed by atoms with E-state index in [9.17, 15) is 9.50 Å². The van der Waals surface area contributed by atoms with Crippen molar-refractivity contribution in [2.45, 2.75) is 6.92 Å². The Balaban J connectivity index is 2.13. The van der Waals surface area contributed by atoms with Crippen LogP contribution >= 0.6 is 27.3 Å². The zero-order valence-corrected chi connectivity index (χ0v) is 15.8. The van der Waals surface area contributed by atoms with E-state index in [1.165, 1.54) is 23.6 Å². The van der Waals surface area contributed by atoms with Crippen LogP contribution in [0.1, 0.15) is 12.5 Å². The van der Waals surface area contributed by atoms with Crippen molar-refractivity contribution in [2.24, 2.45) is 10.1 Å². The summed E-state index contributed by atoms with van der Waals surface area (Å²) in [5.74, 6) is -0.207. The second-order valence-electron chi connectivity index (χ2n) is 5.12. The molecule has 0 radical (unpaired) electrons. The summed E-state index contributed by atoms with van der Waals surface area (Å²) < 4.78 is 16.6. The van der Waals surface area contributed by atoms with Crippen LogP contribution in [0.25, 0.3) is 11.3 Å². The second kappa shape index (κ2) is 7.76. The van der Waals surface area contributed by atoms with Gasteiger partial charge in [0, 0.05) is 27.5 Å². The van der Waals surface area contributed by atoms with Crippen LogP contribution in [-0.4, -0.2) is 22.5 Å². The Morgan fingerprint density at radius 2 is 2.08 bits per heavy atom. The van der Waals surface area contributed by atoms with Gasteiger partial charge in [-0.15, -0.1) is 11.3 Å². The molecule has 4 nitrogen and oxygen atoms in total. The lowest BCUT2D eigenvalue weighted by Crippen LogP contribution is -2.12. The van der Waals surface area contributed by atoms with Gasteiger partial charge in [0.1, 0.15) is 11.6 Å². The first-order valence-electron chi connectivity index (χ1n) is 7.59. The van der Waals surface area contributed by atoms with Gasteiger partial charge in [0.15, 0.2) is 0 Å². The van der Waals surface area contributed by atoms with Crippen molar-refractivity contribution in [1.29, 1.82) is 0 Å². The van der Waals surface area contributed by atoms with E-state index in [1.54, 1.807) is 41.1 Å². The Kier molecular flexibility index (Phi) is 5.45. The summed E-state index contributed by atoms with van der Waals surface area (Å²) in [6.07, 6.45) is 1.53. The van der Waals surface area contributed by atoms with Gasteiger partial charge >= 0.3 is 0 Å². The van der Waals surface area contributed by atoms with Crippen LogP contribution in [0.4, 0.5) is 4.39 Å². The van der Waals surface area contributed by atoms with Crippen molar-refractivity contribution in [1.82, 2.24) is 4.68 Å². The van der Waals surface area contributed by atoms with Crippen molar-refractivity contribution in [3.05, 3.63) is 68.5 Å². The summed E-state index contributed by atoms with van der Waals surface area (Å²) in [5.41, 5.74) is 1.61. The number of hydrogen-bond acceptors (Lipinski definition) is 4. The quantitative estimate of drug-likeness (QED) is 0.615. The molecule has 7 heteroatoms.